The number of likely N-dealkylation sites (N-methyl/N-ethyl adjacent to an activating group) is 1. The van der Waals surface area contributed by atoms with Gasteiger partial charge in [-0.25, -0.2) is 4.98 Å². The molecule has 0 saturated carbocycles. The topological polar surface area (TPSA) is 52.5 Å². The lowest BCUT2D eigenvalue weighted by Crippen LogP contribution is -2.53. The van der Waals surface area contributed by atoms with E-state index in [0.29, 0.717) is 13.1 Å². The average molecular weight is 270 g/mol. The molecular formula is C12H22N4OS. The van der Waals surface area contributed by atoms with Gasteiger partial charge in [0.25, 0.3) is 0 Å². The predicted octanol–water partition coefficient (Wildman–Crippen LogP) is 0.993. The Morgan fingerprint density at radius 2 is 2.28 bits per heavy atom. The summed E-state index contributed by atoms with van der Waals surface area (Å²) in [5, 5.41) is 11.6. The van der Waals surface area contributed by atoms with Crippen molar-refractivity contribution in [2.45, 2.75) is 31.8 Å². The largest absolute Gasteiger partial charge is 0.387 e. The lowest BCUT2D eigenvalue weighted by molar-refractivity contribution is 0.00369. The fourth-order valence-corrected chi connectivity index (χ4v) is 3.28. The standard InChI is InChI=1S/C12H22N4OS/c1-4-10-13-11(18-14-10)16-7-5-6-12(17,9-16)8-15(2)3/h17H,4-9H2,1-3H3. The van der Waals surface area contributed by atoms with Gasteiger partial charge in [0, 0.05) is 31.0 Å². The Kier molecular flexibility index (Phi) is 4.19. The van der Waals surface area contributed by atoms with Gasteiger partial charge < -0.3 is 14.9 Å². The summed E-state index contributed by atoms with van der Waals surface area (Å²) < 4.78 is 4.32. The van der Waals surface area contributed by atoms with Crippen molar-refractivity contribution in [3.05, 3.63) is 5.82 Å². The predicted molar refractivity (Wildman–Crippen MR) is 74.2 cm³/mol. The van der Waals surface area contributed by atoms with Gasteiger partial charge in [0.05, 0.1) is 12.1 Å². The van der Waals surface area contributed by atoms with Gasteiger partial charge in [-0.1, -0.05) is 6.92 Å². The Balaban J connectivity index is 2.06. The first kappa shape index (κ1) is 13.7. The van der Waals surface area contributed by atoms with Crippen molar-refractivity contribution in [1.29, 1.82) is 0 Å². The van der Waals surface area contributed by atoms with E-state index in [1.807, 2.05) is 19.0 Å². The number of anilines is 1. The highest BCUT2D eigenvalue weighted by Crippen LogP contribution is 2.27. The highest BCUT2D eigenvalue weighted by molar-refractivity contribution is 7.09. The summed E-state index contributed by atoms with van der Waals surface area (Å²) in [5.74, 6) is 0.900. The Morgan fingerprint density at radius 3 is 2.89 bits per heavy atom. The monoisotopic (exact) mass is 270 g/mol. The number of aromatic nitrogens is 2. The summed E-state index contributed by atoms with van der Waals surface area (Å²) in [4.78, 5) is 8.72. The molecule has 102 valence electrons. The van der Waals surface area contributed by atoms with E-state index in [1.165, 1.54) is 11.5 Å². The molecule has 0 aromatic carbocycles. The van der Waals surface area contributed by atoms with Crippen LogP contribution < -0.4 is 4.90 Å². The summed E-state index contributed by atoms with van der Waals surface area (Å²) in [7, 11) is 3.99. The maximum atomic E-state index is 10.6. The number of aliphatic hydroxyl groups is 1. The highest BCUT2D eigenvalue weighted by Gasteiger charge is 2.34. The zero-order valence-electron chi connectivity index (χ0n) is 11.4. The van der Waals surface area contributed by atoms with E-state index in [1.54, 1.807) is 0 Å². The van der Waals surface area contributed by atoms with Crippen LogP contribution in [0.1, 0.15) is 25.6 Å². The van der Waals surface area contributed by atoms with Crippen LogP contribution in [0.25, 0.3) is 0 Å². The summed E-state index contributed by atoms with van der Waals surface area (Å²) in [6, 6.07) is 0. The molecule has 6 heteroatoms. The van der Waals surface area contributed by atoms with E-state index in [9.17, 15) is 5.11 Å². The number of nitrogens with zero attached hydrogens (tertiary/aromatic N) is 4. The van der Waals surface area contributed by atoms with Crippen LogP contribution in [0.4, 0.5) is 5.13 Å². The summed E-state index contributed by atoms with van der Waals surface area (Å²) in [5.41, 5.74) is -0.625. The van der Waals surface area contributed by atoms with Gasteiger partial charge in [0.15, 0.2) is 0 Å². The smallest absolute Gasteiger partial charge is 0.205 e. The third-order valence-corrected chi connectivity index (χ3v) is 4.02. The fraction of sp³-hybridized carbons (Fsp3) is 0.833. The van der Waals surface area contributed by atoms with Crippen LogP contribution in [0.5, 0.6) is 0 Å². The molecule has 0 bridgehead atoms. The fourth-order valence-electron chi connectivity index (χ4n) is 2.51. The van der Waals surface area contributed by atoms with E-state index in [4.69, 9.17) is 0 Å². The van der Waals surface area contributed by atoms with Crippen LogP contribution in [-0.4, -0.2) is 58.7 Å². The summed E-state index contributed by atoms with van der Waals surface area (Å²) in [6.07, 6.45) is 2.73. The average Bonchev–Trinajstić information content (AvgIpc) is 2.75. The maximum Gasteiger partial charge on any atom is 0.205 e. The molecule has 1 aliphatic heterocycles. The molecule has 0 amide bonds. The SMILES string of the molecule is CCc1nsc(N2CCCC(O)(CN(C)C)C2)n1. The Labute approximate surface area is 113 Å². The van der Waals surface area contributed by atoms with Crippen LogP contribution in [0.2, 0.25) is 0 Å². The van der Waals surface area contributed by atoms with E-state index >= 15 is 0 Å². The van der Waals surface area contributed by atoms with Gasteiger partial charge in [0.2, 0.25) is 5.13 Å². The molecule has 1 atom stereocenters. The number of rotatable bonds is 4. The van der Waals surface area contributed by atoms with Gasteiger partial charge in [-0.2, -0.15) is 4.37 Å². The number of hydrogen-bond acceptors (Lipinski definition) is 6. The second-order valence-electron chi connectivity index (χ2n) is 5.33. The molecule has 1 N–H and O–H groups in total. The van der Waals surface area contributed by atoms with Gasteiger partial charge in [0.1, 0.15) is 5.82 Å². The van der Waals surface area contributed by atoms with Crippen molar-refractivity contribution >= 4 is 16.7 Å². The van der Waals surface area contributed by atoms with Gasteiger partial charge in [-0.3, -0.25) is 0 Å². The molecule has 0 aliphatic carbocycles. The molecule has 1 aliphatic rings. The summed E-state index contributed by atoms with van der Waals surface area (Å²) >= 11 is 1.44. The zero-order valence-corrected chi connectivity index (χ0v) is 12.2. The van der Waals surface area contributed by atoms with Gasteiger partial charge >= 0.3 is 0 Å². The number of β-amino-alcohol motifs (C(OH)–C–C–N with tert-alkyl or cyclic N) is 1. The van der Waals surface area contributed by atoms with Crippen LogP contribution in [0.15, 0.2) is 0 Å². The molecule has 1 fully saturated rings. The van der Waals surface area contributed by atoms with Crippen LogP contribution in [0, 0.1) is 0 Å². The first-order valence-electron chi connectivity index (χ1n) is 6.47. The van der Waals surface area contributed by atoms with E-state index in [-0.39, 0.29) is 0 Å². The van der Waals surface area contributed by atoms with Crippen molar-refractivity contribution in [2.24, 2.45) is 0 Å². The van der Waals surface area contributed by atoms with Crippen molar-refractivity contribution in [1.82, 2.24) is 14.3 Å². The molecule has 1 aromatic heterocycles. The van der Waals surface area contributed by atoms with E-state index in [0.717, 1.165) is 36.8 Å². The first-order chi connectivity index (χ1) is 8.52. The van der Waals surface area contributed by atoms with Crippen LogP contribution in [0.3, 0.4) is 0 Å². The Hall–Kier alpha value is -0.720. The lowest BCUT2D eigenvalue weighted by Gasteiger charge is -2.40. The molecule has 0 radical (unpaired) electrons. The minimum atomic E-state index is -0.625. The maximum absolute atomic E-state index is 10.6. The molecule has 2 heterocycles. The zero-order chi connectivity index (χ0) is 13.2. The van der Waals surface area contributed by atoms with E-state index < -0.39 is 5.60 Å². The minimum absolute atomic E-state index is 0.625. The lowest BCUT2D eigenvalue weighted by atomic mass is 9.93. The minimum Gasteiger partial charge on any atom is -0.387 e. The Bertz CT molecular complexity index is 395. The van der Waals surface area contributed by atoms with Crippen molar-refractivity contribution in [3.63, 3.8) is 0 Å². The third-order valence-electron chi connectivity index (χ3n) is 3.21. The summed E-state index contributed by atoms with van der Waals surface area (Å²) in [6.45, 7) is 4.38. The Morgan fingerprint density at radius 1 is 1.50 bits per heavy atom. The first-order valence-corrected chi connectivity index (χ1v) is 7.24. The molecule has 0 spiro atoms. The van der Waals surface area contributed by atoms with Gasteiger partial charge in [-0.15, -0.1) is 0 Å². The molecule has 1 unspecified atom stereocenters. The number of hydrogen-bond donors (Lipinski definition) is 1. The molecule has 1 saturated heterocycles. The van der Waals surface area contributed by atoms with Crippen LogP contribution in [-0.2, 0) is 6.42 Å². The van der Waals surface area contributed by atoms with Crippen molar-refractivity contribution in [3.8, 4) is 0 Å². The number of piperidine rings is 1. The van der Waals surface area contributed by atoms with E-state index in [2.05, 4.69) is 21.2 Å². The molecule has 5 nitrogen and oxygen atoms in total. The molecular weight excluding hydrogens is 248 g/mol. The second-order valence-corrected chi connectivity index (χ2v) is 6.06. The van der Waals surface area contributed by atoms with Crippen molar-refractivity contribution < 1.29 is 5.11 Å². The van der Waals surface area contributed by atoms with Crippen molar-refractivity contribution in [2.75, 3.05) is 38.6 Å². The molecule has 2 rings (SSSR count). The third kappa shape index (κ3) is 3.18. The molecule has 1 aromatic rings. The molecule has 18 heavy (non-hydrogen) atoms. The van der Waals surface area contributed by atoms with Crippen LogP contribution >= 0.6 is 11.5 Å². The highest BCUT2D eigenvalue weighted by atomic mass is 32.1. The normalized spacial score (nSPS) is 24.8. The second kappa shape index (κ2) is 5.50. The van der Waals surface area contributed by atoms with Gasteiger partial charge in [-0.05, 0) is 26.9 Å². The quantitative estimate of drug-likeness (QED) is 0.884. The number of aryl methyl sites for hydroxylation is 1.